The van der Waals surface area contributed by atoms with E-state index in [0.717, 1.165) is 6.07 Å². The molecular weight excluding hydrogens is 496 g/mol. The predicted molar refractivity (Wildman–Crippen MR) is 109 cm³/mol. The van der Waals surface area contributed by atoms with Crippen LogP contribution in [0.15, 0.2) is 42.5 Å². The van der Waals surface area contributed by atoms with Crippen molar-refractivity contribution in [2.75, 3.05) is 0 Å². The number of benzene rings is 2. The lowest BCUT2D eigenvalue weighted by Gasteiger charge is -2.15. The number of rotatable bonds is 8. The smallest absolute Gasteiger partial charge is 0.489 e. The van der Waals surface area contributed by atoms with Gasteiger partial charge in [0.05, 0.1) is 4.88 Å². The molecule has 0 bridgehead atoms. The van der Waals surface area contributed by atoms with Gasteiger partial charge in [-0.2, -0.15) is 17.5 Å². The summed E-state index contributed by atoms with van der Waals surface area (Å²) in [5.41, 5.74) is -0.886. The molecule has 0 saturated carbocycles. The van der Waals surface area contributed by atoms with Gasteiger partial charge in [0, 0.05) is 23.1 Å². The van der Waals surface area contributed by atoms with Crippen LogP contribution in [0.4, 0.5) is 26.3 Å². The molecule has 33 heavy (non-hydrogen) atoms. The lowest BCUT2D eigenvalue weighted by Crippen LogP contribution is -2.18. The Morgan fingerprint density at radius 1 is 1.03 bits per heavy atom. The van der Waals surface area contributed by atoms with Gasteiger partial charge in [-0.05, 0) is 47.3 Å². The van der Waals surface area contributed by atoms with E-state index in [2.05, 4.69) is 9.11 Å². The Morgan fingerprint density at radius 3 is 2.33 bits per heavy atom. The number of alkyl halides is 6. The number of hydrogen-bond acceptors (Lipinski definition) is 5. The maximum atomic E-state index is 13.5. The zero-order valence-electron chi connectivity index (χ0n) is 16.5. The maximum Gasteiger partial charge on any atom is 0.573 e. The van der Waals surface area contributed by atoms with Gasteiger partial charge in [0.2, 0.25) is 0 Å². The summed E-state index contributed by atoms with van der Waals surface area (Å²) in [6.07, 6.45) is -9.26. The minimum Gasteiger partial charge on any atom is -0.489 e. The Hall–Kier alpha value is -2.79. The molecule has 12 heteroatoms. The van der Waals surface area contributed by atoms with Crippen molar-refractivity contribution in [3.8, 4) is 21.9 Å². The minimum atomic E-state index is -5.00. The first-order valence-electron chi connectivity index (χ1n) is 9.24. The van der Waals surface area contributed by atoms with Gasteiger partial charge in [0.1, 0.15) is 24.4 Å². The lowest BCUT2D eigenvalue weighted by molar-refractivity contribution is -0.274. The number of carbonyl (C=O) groups excluding carboxylic acids is 1. The summed E-state index contributed by atoms with van der Waals surface area (Å²) in [4.78, 5) is 10.8. The maximum absolute atomic E-state index is 13.5. The van der Waals surface area contributed by atoms with Gasteiger partial charge < -0.3 is 14.3 Å². The SMILES string of the molecule is O=CCCc1ccc(OCc2c(C(F)(F)F)nsc2-c2ccc(Cl)cc2)cc1OC(F)(F)F. The fourth-order valence-corrected chi connectivity index (χ4v) is 3.94. The van der Waals surface area contributed by atoms with Gasteiger partial charge in [-0.25, -0.2) is 0 Å². The number of ether oxygens (including phenoxy) is 2. The average molecular weight is 510 g/mol. The van der Waals surface area contributed by atoms with Crippen molar-refractivity contribution in [3.63, 3.8) is 0 Å². The molecule has 0 aliphatic carbocycles. The Balaban J connectivity index is 1.92. The van der Waals surface area contributed by atoms with E-state index in [1.165, 1.54) is 36.4 Å². The van der Waals surface area contributed by atoms with E-state index in [-0.39, 0.29) is 34.6 Å². The van der Waals surface area contributed by atoms with Crippen molar-refractivity contribution in [1.82, 2.24) is 4.37 Å². The first-order valence-corrected chi connectivity index (χ1v) is 10.4. The van der Waals surface area contributed by atoms with Crippen molar-refractivity contribution >= 4 is 29.4 Å². The Morgan fingerprint density at radius 2 is 1.73 bits per heavy atom. The van der Waals surface area contributed by atoms with Crippen LogP contribution in [-0.4, -0.2) is 17.0 Å². The normalized spacial score (nSPS) is 12.0. The van der Waals surface area contributed by atoms with Crippen molar-refractivity contribution < 1.29 is 40.6 Å². The second kappa shape index (κ2) is 10.0. The second-order valence-corrected chi connectivity index (χ2v) is 7.86. The van der Waals surface area contributed by atoms with Crippen molar-refractivity contribution in [1.29, 1.82) is 0 Å². The molecule has 2 aromatic carbocycles. The molecule has 1 aromatic heterocycles. The molecular formula is C21H14ClF6NO3S. The summed E-state index contributed by atoms with van der Waals surface area (Å²) >= 11 is 6.45. The number of aldehydes is 1. The monoisotopic (exact) mass is 509 g/mol. The number of halogens is 7. The molecule has 0 spiro atoms. The quantitative estimate of drug-likeness (QED) is 0.240. The third-order valence-corrected chi connectivity index (χ3v) is 5.53. The van der Waals surface area contributed by atoms with Crippen LogP contribution in [0.3, 0.4) is 0 Å². The van der Waals surface area contributed by atoms with Crippen molar-refractivity contribution in [2.24, 2.45) is 0 Å². The fraction of sp³-hybridized carbons (Fsp3) is 0.238. The Kier molecular flexibility index (Phi) is 7.53. The summed E-state index contributed by atoms with van der Waals surface area (Å²) in [6.45, 7) is -0.609. The summed E-state index contributed by atoms with van der Waals surface area (Å²) in [5.74, 6) is -0.746. The molecule has 0 aliphatic rings. The van der Waals surface area contributed by atoms with E-state index < -0.39 is 30.6 Å². The molecule has 0 atom stereocenters. The predicted octanol–water partition coefficient (Wildman–Crippen LogP) is 7.09. The zero-order valence-corrected chi connectivity index (χ0v) is 18.0. The molecule has 0 aliphatic heterocycles. The Bertz CT molecular complexity index is 1110. The van der Waals surface area contributed by atoms with E-state index in [1.54, 1.807) is 0 Å². The number of carbonyl (C=O) groups is 1. The molecule has 0 N–H and O–H groups in total. The van der Waals surface area contributed by atoms with Crippen LogP contribution < -0.4 is 9.47 Å². The molecule has 176 valence electrons. The summed E-state index contributed by atoms with van der Waals surface area (Å²) in [5, 5.41) is 0.393. The summed E-state index contributed by atoms with van der Waals surface area (Å²) in [7, 11) is 0. The topological polar surface area (TPSA) is 48.4 Å². The first-order chi connectivity index (χ1) is 15.5. The molecule has 3 rings (SSSR count). The van der Waals surface area contributed by atoms with E-state index in [4.69, 9.17) is 16.3 Å². The van der Waals surface area contributed by atoms with Gasteiger partial charge in [0.15, 0.2) is 5.69 Å². The molecule has 0 amide bonds. The van der Waals surface area contributed by atoms with Gasteiger partial charge in [-0.3, -0.25) is 0 Å². The number of hydrogen-bond donors (Lipinski definition) is 0. The van der Waals surface area contributed by atoms with E-state index >= 15 is 0 Å². The lowest BCUT2D eigenvalue weighted by atomic mass is 10.1. The van der Waals surface area contributed by atoms with Gasteiger partial charge in [0.25, 0.3) is 0 Å². The van der Waals surface area contributed by atoms with E-state index in [0.29, 0.717) is 28.4 Å². The first kappa shape index (κ1) is 24.8. The van der Waals surface area contributed by atoms with Crippen LogP contribution in [0.2, 0.25) is 5.02 Å². The molecule has 0 fully saturated rings. The molecule has 4 nitrogen and oxygen atoms in total. The van der Waals surface area contributed by atoms with Crippen molar-refractivity contribution in [2.45, 2.75) is 32.0 Å². The highest BCUT2D eigenvalue weighted by Gasteiger charge is 2.38. The minimum absolute atomic E-state index is 0.0113. The third-order valence-electron chi connectivity index (χ3n) is 4.34. The standard InChI is InChI=1S/C21H14ClF6NO3S/c22-14-6-3-13(4-7-14)18-16(19(29-33-18)20(23,24)25)11-31-15-8-5-12(2-1-9-30)17(10-15)32-21(26,27)28/h3-10H,1-2,11H2. The van der Waals surface area contributed by atoms with Gasteiger partial charge in [-0.1, -0.05) is 29.8 Å². The highest BCUT2D eigenvalue weighted by molar-refractivity contribution is 7.09. The number of aryl methyl sites for hydroxylation is 1. The third kappa shape index (κ3) is 6.61. The molecule has 0 radical (unpaired) electrons. The van der Waals surface area contributed by atoms with Gasteiger partial charge in [-0.15, -0.1) is 13.2 Å². The largest absolute Gasteiger partial charge is 0.573 e. The molecule has 0 unspecified atom stereocenters. The highest BCUT2D eigenvalue weighted by atomic mass is 35.5. The molecule has 1 heterocycles. The average Bonchev–Trinajstić information content (AvgIpc) is 3.15. The van der Waals surface area contributed by atoms with Crippen molar-refractivity contribution in [3.05, 3.63) is 64.3 Å². The number of nitrogens with zero attached hydrogens (tertiary/aromatic N) is 1. The van der Waals surface area contributed by atoms with Crippen LogP contribution in [-0.2, 0) is 24.0 Å². The molecule has 0 saturated heterocycles. The molecule has 3 aromatic rings. The van der Waals surface area contributed by atoms with Crippen LogP contribution in [0.25, 0.3) is 10.4 Å². The van der Waals surface area contributed by atoms with Crippen LogP contribution >= 0.6 is 23.1 Å². The van der Waals surface area contributed by atoms with Gasteiger partial charge >= 0.3 is 12.5 Å². The summed E-state index contributed by atoms with van der Waals surface area (Å²) < 4.78 is 91.6. The summed E-state index contributed by atoms with van der Waals surface area (Å²) in [6, 6.07) is 9.53. The van der Waals surface area contributed by atoms with Crippen LogP contribution in [0.5, 0.6) is 11.5 Å². The van der Waals surface area contributed by atoms with E-state index in [1.807, 2.05) is 0 Å². The highest BCUT2D eigenvalue weighted by Crippen LogP contribution is 2.40. The van der Waals surface area contributed by atoms with Crippen LogP contribution in [0.1, 0.15) is 23.2 Å². The van der Waals surface area contributed by atoms with E-state index in [9.17, 15) is 31.1 Å². The Labute approximate surface area is 192 Å². The second-order valence-electron chi connectivity index (χ2n) is 6.65. The zero-order chi connectivity index (χ0) is 24.2. The van der Waals surface area contributed by atoms with Crippen LogP contribution in [0, 0.1) is 0 Å². The fourth-order valence-electron chi connectivity index (χ4n) is 2.91. The number of aromatic nitrogens is 1.